The van der Waals surface area contributed by atoms with E-state index in [9.17, 15) is 9.90 Å². The maximum Gasteiger partial charge on any atom is 0.328 e. The standard InChI is InChI=1S/C12H15NO3/c1-2-8-4-3-5-9-10(8)16-7-6-12(9,13)11(14)15/h3-5H,2,6-7,13H2,1H3,(H,14,15). The van der Waals surface area contributed by atoms with Crippen LogP contribution < -0.4 is 10.5 Å². The number of carbonyl (C=O) groups is 1. The van der Waals surface area contributed by atoms with Crippen LogP contribution in [0.1, 0.15) is 24.5 Å². The molecule has 4 heteroatoms. The van der Waals surface area contributed by atoms with Gasteiger partial charge in [-0.25, -0.2) is 4.79 Å². The van der Waals surface area contributed by atoms with Crippen molar-refractivity contribution in [3.63, 3.8) is 0 Å². The number of para-hydroxylation sites is 1. The number of hydrogen-bond acceptors (Lipinski definition) is 3. The van der Waals surface area contributed by atoms with Gasteiger partial charge in [-0.3, -0.25) is 0 Å². The molecule has 0 bridgehead atoms. The van der Waals surface area contributed by atoms with Crippen LogP contribution in [0.5, 0.6) is 5.75 Å². The number of carboxylic acid groups (broad SMARTS) is 1. The Morgan fingerprint density at radius 3 is 3.00 bits per heavy atom. The molecule has 0 fully saturated rings. The maximum absolute atomic E-state index is 11.3. The smallest absolute Gasteiger partial charge is 0.328 e. The highest BCUT2D eigenvalue weighted by molar-refractivity contribution is 5.82. The molecule has 1 aliphatic heterocycles. The largest absolute Gasteiger partial charge is 0.493 e. The van der Waals surface area contributed by atoms with Gasteiger partial charge < -0.3 is 15.6 Å². The van der Waals surface area contributed by atoms with E-state index in [2.05, 4.69) is 0 Å². The molecular weight excluding hydrogens is 206 g/mol. The Balaban J connectivity index is 2.59. The van der Waals surface area contributed by atoms with Crippen molar-refractivity contribution in [1.29, 1.82) is 0 Å². The van der Waals surface area contributed by atoms with Crippen LogP contribution in [0.15, 0.2) is 18.2 Å². The molecule has 1 aromatic rings. The average Bonchev–Trinajstić information content (AvgIpc) is 2.28. The molecule has 1 aliphatic rings. The Kier molecular flexibility index (Phi) is 2.59. The van der Waals surface area contributed by atoms with Crippen molar-refractivity contribution >= 4 is 5.97 Å². The first kappa shape index (κ1) is 11.0. The second-order valence-electron chi connectivity index (χ2n) is 4.02. The van der Waals surface area contributed by atoms with Crippen LogP contribution in [-0.2, 0) is 16.8 Å². The average molecular weight is 221 g/mol. The highest BCUT2D eigenvalue weighted by Gasteiger charge is 2.41. The minimum absolute atomic E-state index is 0.308. The van der Waals surface area contributed by atoms with Crippen molar-refractivity contribution in [2.75, 3.05) is 6.61 Å². The van der Waals surface area contributed by atoms with Crippen LogP contribution in [0.3, 0.4) is 0 Å². The fourth-order valence-corrected chi connectivity index (χ4v) is 2.06. The van der Waals surface area contributed by atoms with Crippen molar-refractivity contribution < 1.29 is 14.6 Å². The molecule has 0 aliphatic carbocycles. The van der Waals surface area contributed by atoms with Gasteiger partial charge in [-0.2, -0.15) is 0 Å². The number of benzene rings is 1. The van der Waals surface area contributed by atoms with E-state index in [0.29, 0.717) is 24.3 Å². The molecule has 0 amide bonds. The summed E-state index contributed by atoms with van der Waals surface area (Å²) in [4.78, 5) is 11.3. The van der Waals surface area contributed by atoms with Gasteiger partial charge in [-0.15, -0.1) is 0 Å². The summed E-state index contributed by atoms with van der Waals surface area (Å²) in [6.45, 7) is 2.36. The summed E-state index contributed by atoms with van der Waals surface area (Å²) in [6.07, 6.45) is 1.11. The van der Waals surface area contributed by atoms with Gasteiger partial charge in [0, 0.05) is 12.0 Å². The Labute approximate surface area is 94.0 Å². The number of fused-ring (bicyclic) bond motifs is 1. The van der Waals surface area contributed by atoms with Crippen LogP contribution in [0, 0.1) is 0 Å². The molecule has 0 aromatic heterocycles. The summed E-state index contributed by atoms with van der Waals surface area (Å²) < 4.78 is 5.55. The molecule has 86 valence electrons. The minimum Gasteiger partial charge on any atom is -0.493 e. The summed E-state index contributed by atoms with van der Waals surface area (Å²) in [7, 11) is 0. The summed E-state index contributed by atoms with van der Waals surface area (Å²) in [5, 5.41) is 9.23. The molecule has 1 aromatic carbocycles. The van der Waals surface area contributed by atoms with Gasteiger partial charge in [-0.05, 0) is 12.0 Å². The number of ether oxygens (including phenoxy) is 1. The van der Waals surface area contributed by atoms with Gasteiger partial charge in [0.05, 0.1) is 6.61 Å². The Bertz CT molecular complexity index is 430. The van der Waals surface area contributed by atoms with Crippen LogP contribution in [0.25, 0.3) is 0 Å². The molecule has 0 saturated carbocycles. The van der Waals surface area contributed by atoms with Crippen LogP contribution in [0.4, 0.5) is 0 Å². The lowest BCUT2D eigenvalue weighted by Crippen LogP contribution is -2.48. The SMILES string of the molecule is CCc1cccc2c1OCCC2(N)C(=O)O. The monoisotopic (exact) mass is 221 g/mol. The van der Waals surface area contributed by atoms with Gasteiger partial charge in [0.2, 0.25) is 0 Å². The molecule has 2 rings (SSSR count). The normalized spacial score (nSPS) is 23.4. The maximum atomic E-state index is 11.3. The zero-order chi connectivity index (χ0) is 11.8. The Morgan fingerprint density at radius 2 is 2.38 bits per heavy atom. The number of aliphatic carboxylic acids is 1. The van der Waals surface area contributed by atoms with Gasteiger partial charge in [0.15, 0.2) is 0 Å². The molecule has 3 N–H and O–H groups in total. The van der Waals surface area contributed by atoms with E-state index < -0.39 is 11.5 Å². The van der Waals surface area contributed by atoms with Gasteiger partial charge >= 0.3 is 5.97 Å². The van der Waals surface area contributed by atoms with E-state index in [4.69, 9.17) is 10.5 Å². The summed E-state index contributed by atoms with van der Waals surface area (Å²) in [5.41, 5.74) is 6.25. The molecule has 1 unspecified atom stereocenters. The molecule has 0 spiro atoms. The van der Waals surface area contributed by atoms with E-state index in [0.717, 1.165) is 12.0 Å². The van der Waals surface area contributed by atoms with Crippen molar-refractivity contribution in [3.05, 3.63) is 29.3 Å². The predicted octanol–water partition coefficient (Wildman–Crippen LogP) is 1.27. The van der Waals surface area contributed by atoms with E-state index >= 15 is 0 Å². The number of aryl methyl sites for hydroxylation is 1. The first-order valence-corrected chi connectivity index (χ1v) is 5.37. The molecule has 1 heterocycles. The fraction of sp³-hybridized carbons (Fsp3) is 0.417. The molecule has 1 atom stereocenters. The van der Waals surface area contributed by atoms with Crippen LogP contribution in [-0.4, -0.2) is 17.7 Å². The number of hydrogen-bond donors (Lipinski definition) is 2. The fourth-order valence-electron chi connectivity index (χ4n) is 2.06. The van der Waals surface area contributed by atoms with Gasteiger partial charge in [0.1, 0.15) is 11.3 Å². The van der Waals surface area contributed by atoms with E-state index in [1.807, 2.05) is 19.1 Å². The number of carboxylic acids is 1. The first-order chi connectivity index (χ1) is 7.59. The van der Waals surface area contributed by atoms with Crippen molar-refractivity contribution in [3.8, 4) is 5.75 Å². The number of rotatable bonds is 2. The summed E-state index contributed by atoms with van der Waals surface area (Å²) in [6, 6.07) is 5.51. The molecule has 4 nitrogen and oxygen atoms in total. The van der Waals surface area contributed by atoms with Gasteiger partial charge in [0.25, 0.3) is 0 Å². The predicted molar refractivity (Wildman–Crippen MR) is 59.4 cm³/mol. The van der Waals surface area contributed by atoms with Gasteiger partial charge in [-0.1, -0.05) is 25.1 Å². The second-order valence-corrected chi connectivity index (χ2v) is 4.02. The minimum atomic E-state index is -1.31. The summed E-state index contributed by atoms with van der Waals surface area (Å²) in [5.74, 6) is -0.341. The van der Waals surface area contributed by atoms with Crippen molar-refractivity contribution in [2.45, 2.75) is 25.3 Å². The molecule has 0 radical (unpaired) electrons. The third-order valence-corrected chi connectivity index (χ3v) is 3.08. The zero-order valence-electron chi connectivity index (χ0n) is 9.19. The summed E-state index contributed by atoms with van der Waals surface area (Å²) >= 11 is 0. The number of nitrogens with two attached hydrogens (primary N) is 1. The van der Waals surface area contributed by atoms with Crippen molar-refractivity contribution in [1.82, 2.24) is 0 Å². The topological polar surface area (TPSA) is 72.5 Å². The van der Waals surface area contributed by atoms with Crippen LogP contribution in [0.2, 0.25) is 0 Å². The Hall–Kier alpha value is -1.55. The Morgan fingerprint density at radius 1 is 1.62 bits per heavy atom. The van der Waals surface area contributed by atoms with Crippen molar-refractivity contribution in [2.24, 2.45) is 5.73 Å². The molecule has 0 saturated heterocycles. The lowest BCUT2D eigenvalue weighted by molar-refractivity contribution is -0.144. The highest BCUT2D eigenvalue weighted by atomic mass is 16.5. The third kappa shape index (κ3) is 1.46. The van der Waals surface area contributed by atoms with E-state index in [-0.39, 0.29) is 0 Å². The lowest BCUT2D eigenvalue weighted by Gasteiger charge is -2.32. The van der Waals surface area contributed by atoms with E-state index in [1.54, 1.807) is 6.07 Å². The zero-order valence-corrected chi connectivity index (χ0v) is 9.19. The second kappa shape index (κ2) is 3.79. The highest BCUT2D eigenvalue weighted by Crippen LogP contribution is 2.37. The van der Waals surface area contributed by atoms with E-state index in [1.165, 1.54) is 0 Å². The first-order valence-electron chi connectivity index (χ1n) is 5.37. The molecule has 16 heavy (non-hydrogen) atoms. The third-order valence-electron chi connectivity index (χ3n) is 3.08. The van der Waals surface area contributed by atoms with Crippen LogP contribution >= 0.6 is 0 Å². The lowest BCUT2D eigenvalue weighted by atomic mass is 9.84. The molecular formula is C12H15NO3. The quantitative estimate of drug-likeness (QED) is 0.788.